The van der Waals surface area contributed by atoms with Gasteiger partial charge in [0.05, 0.1) is 5.69 Å². The fourth-order valence-electron chi connectivity index (χ4n) is 3.44. The van der Waals surface area contributed by atoms with Gasteiger partial charge < -0.3 is 10.2 Å². The molecule has 28 heavy (non-hydrogen) atoms. The second-order valence-electron chi connectivity index (χ2n) is 7.29. The lowest BCUT2D eigenvalue weighted by Crippen LogP contribution is -2.33. The number of piperidine rings is 1. The summed E-state index contributed by atoms with van der Waals surface area (Å²) in [5, 5.41) is 7.33. The SMILES string of the molecule is CC1CCN(c2cc(NC(=O)c3cc(-c4ccccc4)nn3C)ncn2)CC1. The first-order valence-electron chi connectivity index (χ1n) is 9.58. The minimum absolute atomic E-state index is 0.242. The zero-order chi connectivity index (χ0) is 19.5. The van der Waals surface area contributed by atoms with Crippen LogP contribution in [0.2, 0.25) is 0 Å². The van der Waals surface area contributed by atoms with Gasteiger partial charge in [-0.05, 0) is 24.8 Å². The van der Waals surface area contributed by atoms with E-state index in [4.69, 9.17) is 0 Å². The summed E-state index contributed by atoms with van der Waals surface area (Å²) in [5.74, 6) is 1.86. The number of aromatic nitrogens is 4. The summed E-state index contributed by atoms with van der Waals surface area (Å²) < 4.78 is 1.59. The maximum Gasteiger partial charge on any atom is 0.275 e. The number of nitrogens with one attached hydrogen (secondary N) is 1. The van der Waals surface area contributed by atoms with Gasteiger partial charge in [-0.2, -0.15) is 5.10 Å². The first-order chi connectivity index (χ1) is 13.6. The van der Waals surface area contributed by atoms with Crippen molar-refractivity contribution in [2.24, 2.45) is 13.0 Å². The van der Waals surface area contributed by atoms with Gasteiger partial charge in [-0.25, -0.2) is 9.97 Å². The normalized spacial score (nSPS) is 14.9. The molecule has 0 aliphatic carbocycles. The van der Waals surface area contributed by atoms with Crippen LogP contribution in [0.15, 0.2) is 48.8 Å². The molecule has 0 bridgehead atoms. The van der Waals surface area contributed by atoms with Crippen molar-refractivity contribution in [2.45, 2.75) is 19.8 Å². The Morgan fingerprint density at radius 2 is 1.86 bits per heavy atom. The minimum atomic E-state index is -0.242. The third-order valence-electron chi connectivity index (χ3n) is 5.18. The number of hydrogen-bond donors (Lipinski definition) is 1. The van der Waals surface area contributed by atoms with Gasteiger partial charge in [-0.15, -0.1) is 0 Å². The molecule has 0 atom stereocenters. The molecule has 144 valence electrons. The zero-order valence-electron chi connectivity index (χ0n) is 16.2. The number of anilines is 2. The largest absolute Gasteiger partial charge is 0.356 e. The highest BCUT2D eigenvalue weighted by molar-refractivity contribution is 6.03. The van der Waals surface area contributed by atoms with Crippen LogP contribution in [0.1, 0.15) is 30.3 Å². The molecule has 1 aliphatic rings. The van der Waals surface area contributed by atoms with Crippen molar-refractivity contribution in [3.05, 3.63) is 54.5 Å². The molecule has 1 fully saturated rings. The smallest absolute Gasteiger partial charge is 0.275 e. The summed E-state index contributed by atoms with van der Waals surface area (Å²) in [4.78, 5) is 23.6. The van der Waals surface area contributed by atoms with Crippen LogP contribution in [0, 0.1) is 5.92 Å². The van der Waals surface area contributed by atoms with E-state index >= 15 is 0 Å². The molecular formula is C21H24N6O. The molecule has 1 N–H and O–H groups in total. The number of benzene rings is 1. The van der Waals surface area contributed by atoms with Gasteiger partial charge in [0.2, 0.25) is 0 Å². The van der Waals surface area contributed by atoms with Gasteiger partial charge >= 0.3 is 0 Å². The Kier molecular flexibility index (Phi) is 5.06. The number of aryl methyl sites for hydroxylation is 1. The van der Waals surface area contributed by atoms with Crippen molar-refractivity contribution in [2.75, 3.05) is 23.3 Å². The second kappa shape index (κ2) is 7.80. The van der Waals surface area contributed by atoms with Crippen molar-refractivity contribution in [1.29, 1.82) is 0 Å². The Hall–Kier alpha value is -3.22. The number of carbonyl (C=O) groups is 1. The van der Waals surface area contributed by atoms with E-state index in [0.717, 1.165) is 48.9 Å². The van der Waals surface area contributed by atoms with Crippen LogP contribution in [0.25, 0.3) is 11.3 Å². The van der Waals surface area contributed by atoms with Crippen molar-refractivity contribution in [3.63, 3.8) is 0 Å². The number of amides is 1. The lowest BCUT2D eigenvalue weighted by molar-refractivity contribution is 0.101. The Morgan fingerprint density at radius 3 is 2.61 bits per heavy atom. The van der Waals surface area contributed by atoms with Crippen molar-refractivity contribution in [1.82, 2.24) is 19.7 Å². The molecular weight excluding hydrogens is 352 g/mol. The van der Waals surface area contributed by atoms with E-state index in [1.807, 2.05) is 36.4 Å². The molecule has 0 spiro atoms. The van der Waals surface area contributed by atoms with E-state index in [9.17, 15) is 4.79 Å². The topological polar surface area (TPSA) is 75.9 Å². The molecule has 4 rings (SSSR count). The molecule has 3 heterocycles. The summed E-state index contributed by atoms with van der Waals surface area (Å²) in [5.41, 5.74) is 2.21. The van der Waals surface area contributed by atoms with Crippen LogP contribution >= 0.6 is 0 Å². The molecule has 3 aromatic rings. The standard InChI is InChI=1S/C21H24N6O/c1-15-8-10-27(11-9-15)20-13-19(22-14-23-20)24-21(28)18-12-17(25-26(18)2)16-6-4-3-5-7-16/h3-7,12-15H,8-11H2,1-2H3,(H,22,23,24,28). The Bertz CT molecular complexity index is 960. The first kappa shape index (κ1) is 18.2. The van der Waals surface area contributed by atoms with E-state index in [0.29, 0.717) is 11.5 Å². The summed E-state index contributed by atoms with van der Waals surface area (Å²) in [6.45, 7) is 4.24. The third-order valence-corrected chi connectivity index (χ3v) is 5.18. The van der Waals surface area contributed by atoms with Crippen molar-refractivity contribution < 1.29 is 4.79 Å². The first-order valence-corrected chi connectivity index (χ1v) is 9.58. The highest BCUT2D eigenvalue weighted by atomic mass is 16.2. The molecule has 1 aliphatic heterocycles. The minimum Gasteiger partial charge on any atom is -0.356 e. The highest BCUT2D eigenvalue weighted by Gasteiger charge is 2.19. The Morgan fingerprint density at radius 1 is 1.11 bits per heavy atom. The fraction of sp³-hybridized carbons (Fsp3) is 0.333. The Balaban J connectivity index is 1.50. The monoisotopic (exact) mass is 376 g/mol. The summed E-state index contributed by atoms with van der Waals surface area (Å²) in [6.07, 6.45) is 3.81. The fourth-order valence-corrected chi connectivity index (χ4v) is 3.44. The van der Waals surface area contributed by atoms with E-state index in [1.54, 1.807) is 17.8 Å². The second-order valence-corrected chi connectivity index (χ2v) is 7.29. The number of rotatable bonds is 4. The van der Waals surface area contributed by atoms with Gasteiger partial charge in [0.1, 0.15) is 23.7 Å². The molecule has 2 aromatic heterocycles. The van der Waals surface area contributed by atoms with Gasteiger partial charge in [0.25, 0.3) is 5.91 Å². The molecule has 7 nitrogen and oxygen atoms in total. The third kappa shape index (κ3) is 3.88. The average Bonchev–Trinajstić information content (AvgIpc) is 3.11. The maximum absolute atomic E-state index is 12.8. The average molecular weight is 376 g/mol. The molecule has 7 heteroatoms. The van der Waals surface area contributed by atoms with Gasteiger partial charge in [0, 0.05) is 31.8 Å². The van der Waals surface area contributed by atoms with E-state index in [-0.39, 0.29) is 5.91 Å². The molecule has 0 unspecified atom stereocenters. The van der Waals surface area contributed by atoms with Crippen LogP contribution in [-0.4, -0.2) is 38.7 Å². The van der Waals surface area contributed by atoms with Gasteiger partial charge in [-0.1, -0.05) is 37.3 Å². The van der Waals surface area contributed by atoms with Gasteiger partial charge in [0.15, 0.2) is 0 Å². The molecule has 1 aromatic carbocycles. The zero-order valence-corrected chi connectivity index (χ0v) is 16.2. The predicted octanol–water partition coefficient (Wildman–Crippen LogP) is 3.37. The van der Waals surface area contributed by atoms with Crippen LogP contribution in [0.5, 0.6) is 0 Å². The van der Waals surface area contributed by atoms with E-state index < -0.39 is 0 Å². The predicted molar refractivity (Wildman–Crippen MR) is 109 cm³/mol. The van der Waals surface area contributed by atoms with Crippen molar-refractivity contribution in [3.8, 4) is 11.3 Å². The summed E-state index contributed by atoms with van der Waals surface area (Å²) >= 11 is 0. The molecule has 1 amide bonds. The number of nitrogens with zero attached hydrogens (tertiary/aromatic N) is 5. The van der Waals surface area contributed by atoms with Crippen molar-refractivity contribution >= 4 is 17.5 Å². The lowest BCUT2D eigenvalue weighted by atomic mass is 9.99. The molecule has 1 saturated heterocycles. The van der Waals surface area contributed by atoms with E-state index in [2.05, 4.69) is 32.2 Å². The molecule has 0 radical (unpaired) electrons. The van der Waals surface area contributed by atoms with Crippen LogP contribution in [0.4, 0.5) is 11.6 Å². The van der Waals surface area contributed by atoms with E-state index in [1.165, 1.54) is 6.33 Å². The van der Waals surface area contributed by atoms with Crippen LogP contribution in [0.3, 0.4) is 0 Å². The molecule has 0 saturated carbocycles. The lowest BCUT2D eigenvalue weighted by Gasteiger charge is -2.31. The Labute approximate surface area is 164 Å². The summed E-state index contributed by atoms with van der Waals surface area (Å²) in [7, 11) is 1.77. The summed E-state index contributed by atoms with van der Waals surface area (Å²) in [6, 6.07) is 13.4. The van der Waals surface area contributed by atoms with Gasteiger partial charge in [-0.3, -0.25) is 9.48 Å². The highest BCUT2D eigenvalue weighted by Crippen LogP contribution is 2.23. The maximum atomic E-state index is 12.8. The number of hydrogen-bond acceptors (Lipinski definition) is 5. The van der Waals surface area contributed by atoms with Crippen LogP contribution < -0.4 is 10.2 Å². The van der Waals surface area contributed by atoms with Crippen LogP contribution in [-0.2, 0) is 7.05 Å². The quantitative estimate of drug-likeness (QED) is 0.756. The number of carbonyl (C=O) groups excluding carboxylic acids is 1.